The molecular formula is C24H19F3N4O3S. The lowest BCUT2D eigenvalue weighted by Crippen LogP contribution is -2.30. The van der Waals surface area contributed by atoms with Crippen molar-refractivity contribution in [3.63, 3.8) is 0 Å². The molecule has 1 aliphatic rings. The third-order valence-electron chi connectivity index (χ3n) is 5.95. The van der Waals surface area contributed by atoms with E-state index in [0.29, 0.717) is 29.7 Å². The summed E-state index contributed by atoms with van der Waals surface area (Å²) in [5, 5.41) is 4.12. The molecule has 2 aromatic carbocycles. The van der Waals surface area contributed by atoms with Crippen LogP contribution in [0.1, 0.15) is 34.8 Å². The maximum Gasteiger partial charge on any atom is 0.268 e. The SMILES string of the molecule is O=C(NS(=O)(=O)c1ccc(F)cc1)c1cnn2ccc(N3CCC[C@@H]3c3cc(F)cc(F)c3)cc12. The summed E-state index contributed by atoms with van der Waals surface area (Å²) in [5.41, 5.74) is 1.58. The minimum Gasteiger partial charge on any atom is -0.364 e. The maximum atomic E-state index is 13.8. The van der Waals surface area contributed by atoms with Crippen LogP contribution in [0.5, 0.6) is 0 Å². The molecule has 11 heteroatoms. The Balaban J connectivity index is 1.45. The molecule has 5 rings (SSSR count). The summed E-state index contributed by atoms with van der Waals surface area (Å²) in [5.74, 6) is -2.81. The highest BCUT2D eigenvalue weighted by molar-refractivity contribution is 7.90. The highest BCUT2D eigenvalue weighted by Crippen LogP contribution is 2.37. The molecule has 0 unspecified atom stereocenters. The van der Waals surface area contributed by atoms with E-state index in [0.717, 1.165) is 36.8 Å². The number of aromatic nitrogens is 2. The fourth-order valence-electron chi connectivity index (χ4n) is 4.36. The van der Waals surface area contributed by atoms with Gasteiger partial charge in [0.1, 0.15) is 17.5 Å². The molecule has 0 saturated carbocycles. The third-order valence-corrected chi connectivity index (χ3v) is 7.30. The monoisotopic (exact) mass is 500 g/mol. The number of hydrogen-bond donors (Lipinski definition) is 1. The molecule has 0 spiro atoms. The third kappa shape index (κ3) is 4.46. The fraction of sp³-hybridized carbons (Fsp3) is 0.167. The number of fused-ring (bicyclic) bond motifs is 1. The number of sulfonamides is 1. The zero-order valence-electron chi connectivity index (χ0n) is 18.2. The molecule has 0 aliphatic carbocycles. The van der Waals surface area contributed by atoms with E-state index in [1.807, 2.05) is 9.62 Å². The average Bonchev–Trinajstić information content (AvgIpc) is 3.45. The van der Waals surface area contributed by atoms with Crippen molar-refractivity contribution in [2.45, 2.75) is 23.8 Å². The summed E-state index contributed by atoms with van der Waals surface area (Å²) in [6.45, 7) is 0.633. The van der Waals surface area contributed by atoms with E-state index in [9.17, 15) is 26.4 Å². The van der Waals surface area contributed by atoms with E-state index < -0.39 is 33.4 Å². The smallest absolute Gasteiger partial charge is 0.268 e. The Labute approximate surface area is 198 Å². The molecule has 3 heterocycles. The van der Waals surface area contributed by atoms with Crippen molar-refractivity contribution in [2.24, 2.45) is 0 Å². The molecule has 1 amide bonds. The minimum atomic E-state index is -4.23. The lowest BCUT2D eigenvalue weighted by Gasteiger charge is -2.27. The molecule has 0 radical (unpaired) electrons. The molecule has 180 valence electrons. The number of halogens is 3. The first-order valence-corrected chi connectivity index (χ1v) is 12.2. The van der Waals surface area contributed by atoms with Gasteiger partial charge in [0, 0.05) is 24.5 Å². The van der Waals surface area contributed by atoms with Crippen molar-refractivity contribution in [1.82, 2.24) is 14.3 Å². The molecule has 1 fully saturated rings. The van der Waals surface area contributed by atoms with Gasteiger partial charge in [0.2, 0.25) is 0 Å². The minimum absolute atomic E-state index is 0.0186. The Morgan fingerprint density at radius 2 is 1.69 bits per heavy atom. The van der Waals surface area contributed by atoms with Crippen LogP contribution in [-0.2, 0) is 10.0 Å². The van der Waals surface area contributed by atoms with Gasteiger partial charge in [-0.1, -0.05) is 0 Å². The van der Waals surface area contributed by atoms with Crippen LogP contribution in [-0.4, -0.2) is 30.5 Å². The Hall–Kier alpha value is -3.86. The number of benzene rings is 2. The number of carbonyl (C=O) groups is 1. The second-order valence-electron chi connectivity index (χ2n) is 8.22. The van der Waals surface area contributed by atoms with Crippen LogP contribution in [0.15, 0.2) is 71.9 Å². The van der Waals surface area contributed by atoms with Gasteiger partial charge in [-0.15, -0.1) is 0 Å². The predicted octanol–water partition coefficient (Wildman–Crippen LogP) is 4.21. The van der Waals surface area contributed by atoms with E-state index in [1.54, 1.807) is 18.3 Å². The predicted molar refractivity (Wildman–Crippen MR) is 122 cm³/mol. The van der Waals surface area contributed by atoms with Crippen LogP contribution in [0.25, 0.3) is 5.52 Å². The van der Waals surface area contributed by atoms with Crippen molar-refractivity contribution in [1.29, 1.82) is 0 Å². The van der Waals surface area contributed by atoms with E-state index in [1.165, 1.54) is 22.8 Å². The number of rotatable bonds is 5. The summed E-state index contributed by atoms with van der Waals surface area (Å²) in [4.78, 5) is 14.6. The van der Waals surface area contributed by atoms with E-state index in [2.05, 4.69) is 5.10 Å². The largest absolute Gasteiger partial charge is 0.364 e. The van der Waals surface area contributed by atoms with Crippen LogP contribution in [0, 0.1) is 17.5 Å². The highest BCUT2D eigenvalue weighted by Gasteiger charge is 2.28. The van der Waals surface area contributed by atoms with Crippen LogP contribution in [0.3, 0.4) is 0 Å². The van der Waals surface area contributed by atoms with Crippen LogP contribution < -0.4 is 9.62 Å². The van der Waals surface area contributed by atoms with Gasteiger partial charge in [0.25, 0.3) is 15.9 Å². The summed E-state index contributed by atoms with van der Waals surface area (Å²) in [7, 11) is -4.23. The van der Waals surface area contributed by atoms with Gasteiger partial charge in [-0.25, -0.2) is 30.8 Å². The Bertz CT molecular complexity index is 1520. The van der Waals surface area contributed by atoms with Crippen LogP contribution in [0.4, 0.5) is 18.9 Å². The van der Waals surface area contributed by atoms with Crippen molar-refractivity contribution < 1.29 is 26.4 Å². The van der Waals surface area contributed by atoms with E-state index in [4.69, 9.17) is 0 Å². The molecule has 4 aromatic rings. The fourth-order valence-corrected chi connectivity index (χ4v) is 5.33. The van der Waals surface area contributed by atoms with Crippen molar-refractivity contribution in [3.05, 3.63) is 95.6 Å². The molecule has 7 nitrogen and oxygen atoms in total. The van der Waals surface area contributed by atoms with Crippen molar-refractivity contribution >= 4 is 27.1 Å². The van der Waals surface area contributed by atoms with E-state index >= 15 is 0 Å². The van der Waals surface area contributed by atoms with E-state index in [-0.39, 0.29) is 16.5 Å². The van der Waals surface area contributed by atoms with Crippen LogP contribution in [0.2, 0.25) is 0 Å². The number of nitrogens with one attached hydrogen (secondary N) is 1. The molecule has 2 aromatic heterocycles. The topological polar surface area (TPSA) is 83.8 Å². The Kier molecular flexibility index (Phi) is 5.72. The molecule has 1 N–H and O–H groups in total. The molecular weight excluding hydrogens is 481 g/mol. The Morgan fingerprint density at radius 1 is 0.971 bits per heavy atom. The molecule has 35 heavy (non-hydrogen) atoms. The first kappa shape index (κ1) is 22.9. The lowest BCUT2D eigenvalue weighted by atomic mass is 10.0. The van der Waals surface area contributed by atoms with Crippen LogP contribution >= 0.6 is 0 Å². The quantitative estimate of drug-likeness (QED) is 0.444. The average molecular weight is 501 g/mol. The summed E-state index contributed by atoms with van der Waals surface area (Å²) in [6, 6.07) is 10.7. The number of anilines is 1. The molecule has 0 bridgehead atoms. The normalized spacial score (nSPS) is 16.1. The van der Waals surface area contributed by atoms with Gasteiger partial charge >= 0.3 is 0 Å². The number of hydrogen-bond acceptors (Lipinski definition) is 5. The summed E-state index contributed by atoms with van der Waals surface area (Å²) < 4.78 is 69.3. The first-order valence-electron chi connectivity index (χ1n) is 10.7. The molecule has 1 aliphatic heterocycles. The molecule has 1 atom stereocenters. The molecule has 1 saturated heterocycles. The summed E-state index contributed by atoms with van der Waals surface area (Å²) in [6.07, 6.45) is 4.36. The highest BCUT2D eigenvalue weighted by atomic mass is 32.2. The van der Waals surface area contributed by atoms with Gasteiger partial charge in [-0.05, 0) is 66.9 Å². The first-order chi connectivity index (χ1) is 16.7. The second-order valence-corrected chi connectivity index (χ2v) is 9.90. The summed E-state index contributed by atoms with van der Waals surface area (Å²) >= 11 is 0. The van der Waals surface area contributed by atoms with Gasteiger partial charge in [0.15, 0.2) is 0 Å². The number of carbonyl (C=O) groups excluding carboxylic acids is 1. The van der Waals surface area contributed by atoms with Crippen molar-refractivity contribution in [2.75, 3.05) is 11.4 Å². The van der Waals surface area contributed by atoms with Crippen molar-refractivity contribution in [3.8, 4) is 0 Å². The van der Waals surface area contributed by atoms with Gasteiger partial charge in [-0.2, -0.15) is 5.10 Å². The zero-order chi connectivity index (χ0) is 24.7. The standard InChI is InChI=1S/C24H19F3N4O3S/c25-16-3-5-20(6-4-16)35(33,34)29-24(32)21-14-28-31-9-7-19(13-23(21)31)30-8-1-2-22(30)15-10-17(26)12-18(27)11-15/h3-7,9-14,22H,1-2,8H2,(H,29,32)/t22-/m1/s1. The Morgan fingerprint density at radius 3 is 2.40 bits per heavy atom. The number of amides is 1. The lowest BCUT2D eigenvalue weighted by molar-refractivity contribution is 0.0983. The number of pyridine rings is 1. The second kappa shape index (κ2) is 8.73. The zero-order valence-corrected chi connectivity index (χ0v) is 19.0. The number of nitrogens with zero attached hydrogens (tertiary/aromatic N) is 3. The van der Waals surface area contributed by atoms with Gasteiger partial charge in [-0.3, -0.25) is 4.79 Å². The van der Waals surface area contributed by atoms with Gasteiger partial charge in [0.05, 0.1) is 28.2 Å². The maximum absolute atomic E-state index is 13.8. The van der Waals surface area contributed by atoms with Gasteiger partial charge < -0.3 is 4.90 Å².